The van der Waals surface area contributed by atoms with E-state index in [9.17, 15) is 4.79 Å². The van der Waals surface area contributed by atoms with Gasteiger partial charge in [0, 0.05) is 22.7 Å². The molecule has 0 bridgehead atoms. The highest BCUT2D eigenvalue weighted by atomic mass is 32.1. The predicted molar refractivity (Wildman–Crippen MR) is 88.6 cm³/mol. The Labute approximate surface area is 132 Å². The lowest BCUT2D eigenvalue weighted by Crippen LogP contribution is -2.30. The third-order valence-electron chi connectivity index (χ3n) is 5.15. The molecule has 1 aliphatic heterocycles. The van der Waals surface area contributed by atoms with Gasteiger partial charge < -0.3 is 4.90 Å². The standard InChI is InChI=1S/C18H27NOS/c1-14-9-11-17(21-14)16-8-5-13-19(16)18(20)12-10-15-6-3-2-4-7-15/h9,11,15-16H,2-8,10,12-13H2,1H3. The van der Waals surface area contributed by atoms with Crippen molar-refractivity contribution < 1.29 is 4.79 Å². The second kappa shape index (κ2) is 6.95. The van der Waals surface area contributed by atoms with Crippen LogP contribution in [0.4, 0.5) is 0 Å². The molecule has 2 fully saturated rings. The molecular formula is C18H27NOS. The van der Waals surface area contributed by atoms with Gasteiger partial charge in [-0.25, -0.2) is 0 Å². The lowest BCUT2D eigenvalue weighted by atomic mass is 9.86. The Morgan fingerprint density at radius 1 is 1.19 bits per heavy atom. The van der Waals surface area contributed by atoms with Gasteiger partial charge in [0.05, 0.1) is 6.04 Å². The summed E-state index contributed by atoms with van der Waals surface area (Å²) in [6.07, 6.45) is 11.0. The van der Waals surface area contributed by atoms with Crippen LogP contribution in [0.2, 0.25) is 0 Å². The highest BCUT2D eigenvalue weighted by Gasteiger charge is 2.30. The highest BCUT2D eigenvalue weighted by molar-refractivity contribution is 7.12. The molecule has 2 nitrogen and oxygen atoms in total. The number of rotatable bonds is 4. The lowest BCUT2D eigenvalue weighted by molar-refractivity contribution is -0.132. The fourth-order valence-electron chi connectivity index (χ4n) is 3.94. The van der Waals surface area contributed by atoms with E-state index in [4.69, 9.17) is 0 Å². The smallest absolute Gasteiger partial charge is 0.223 e. The number of hydrogen-bond donors (Lipinski definition) is 0. The monoisotopic (exact) mass is 305 g/mol. The molecule has 2 aliphatic rings. The Morgan fingerprint density at radius 2 is 2.00 bits per heavy atom. The molecule has 116 valence electrons. The van der Waals surface area contributed by atoms with Crippen molar-refractivity contribution in [2.45, 2.75) is 70.8 Å². The lowest BCUT2D eigenvalue weighted by Gasteiger charge is -2.26. The van der Waals surface area contributed by atoms with Gasteiger partial charge in [-0.1, -0.05) is 32.1 Å². The highest BCUT2D eigenvalue weighted by Crippen LogP contribution is 2.36. The van der Waals surface area contributed by atoms with Crippen LogP contribution in [0.5, 0.6) is 0 Å². The van der Waals surface area contributed by atoms with Crippen LogP contribution in [0.1, 0.15) is 73.6 Å². The fraction of sp³-hybridized carbons (Fsp3) is 0.722. The van der Waals surface area contributed by atoms with E-state index in [-0.39, 0.29) is 0 Å². The zero-order valence-electron chi connectivity index (χ0n) is 13.1. The van der Waals surface area contributed by atoms with Crippen LogP contribution in [-0.4, -0.2) is 17.4 Å². The number of hydrogen-bond acceptors (Lipinski definition) is 2. The van der Waals surface area contributed by atoms with Gasteiger partial charge in [-0.05, 0) is 44.2 Å². The maximum Gasteiger partial charge on any atom is 0.223 e. The van der Waals surface area contributed by atoms with Crippen LogP contribution >= 0.6 is 11.3 Å². The Kier molecular flexibility index (Phi) is 4.99. The van der Waals surface area contributed by atoms with E-state index in [1.54, 1.807) is 0 Å². The molecule has 2 heterocycles. The first-order valence-corrected chi connectivity index (χ1v) is 9.41. The molecule has 21 heavy (non-hydrogen) atoms. The first kappa shape index (κ1) is 15.1. The van der Waals surface area contributed by atoms with Crippen molar-refractivity contribution in [3.63, 3.8) is 0 Å². The average molecular weight is 305 g/mol. The fourth-order valence-corrected chi connectivity index (χ4v) is 4.97. The van der Waals surface area contributed by atoms with Crippen molar-refractivity contribution in [1.29, 1.82) is 0 Å². The predicted octanol–water partition coefficient (Wildman–Crippen LogP) is 5.08. The van der Waals surface area contributed by atoms with Crippen molar-refractivity contribution in [1.82, 2.24) is 4.90 Å². The molecule has 1 atom stereocenters. The number of amides is 1. The minimum Gasteiger partial charge on any atom is -0.335 e. The SMILES string of the molecule is Cc1ccc(C2CCCN2C(=O)CCC2CCCCC2)s1. The van der Waals surface area contributed by atoms with E-state index in [1.165, 1.54) is 41.9 Å². The zero-order chi connectivity index (χ0) is 14.7. The average Bonchev–Trinajstić information content (AvgIpc) is 3.14. The van der Waals surface area contributed by atoms with Gasteiger partial charge in [-0.15, -0.1) is 11.3 Å². The minimum absolute atomic E-state index is 0.363. The van der Waals surface area contributed by atoms with Crippen molar-refractivity contribution in [2.24, 2.45) is 5.92 Å². The molecule has 1 unspecified atom stereocenters. The number of aryl methyl sites for hydroxylation is 1. The Hall–Kier alpha value is -0.830. The number of nitrogens with zero attached hydrogens (tertiary/aromatic N) is 1. The maximum atomic E-state index is 12.6. The maximum absolute atomic E-state index is 12.6. The molecule has 0 spiro atoms. The Balaban J connectivity index is 1.55. The number of likely N-dealkylation sites (tertiary alicyclic amines) is 1. The Morgan fingerprint density at radius 3 is 2.71 bits per heavy atom. The molecule has 1 aliphatic carbocycles. The van der Waals surface area contributed by atoms with Gasteiger partial charge in [-0.2, -0.15) is 0 Å². The van der Waals surface area contributed by atoms with Crippen LogP contribution in [0.25, 0.3) is 0 Å². The second-order valence-corrected chi connectivity index (χ2v) is 8.06. The van der Waals surface area contributed by atoms with E-state index >= 15 is 0 Å². The molecule has 0 N–H and O–H groups in total. The molecule has 3 heteroatoms. The molecule has 0 radical (unpaired) electrons. The first-order valence-electron chi connectivity index (χ1n) is 8.60. The summed E-state index contributed by atoms with van der Waals surface area (Å²) in [6, 6.07) is 4.77. The summed E-state index contributed by atoms with van der Waals surface area (Å²) < 4.78 is 0. The molecular weight excluding hydrogens is 278 g/mol. The number of thiophene rings is 1. The van der Waals surface area contributed by atoms with Crippen molar-refractivity contribution in [3.05, 3.63) is 21.9 Å². The van der Waals surface area contributed by atoms with Crippen molar-refractivity contribution >= 4 is 17.2 Å². The van der Waals surface area contributed by atoms with Gasteiger partial charge in [0.15, 0.2) is 0 Å². The summed E-state index contributed by atoms with van der Waals surface area (Å²) in [4.78, 5) is 17.5. The summed E-state index contributed by atoms with van der Waals surface area (Å²) in [5, 5.41) is 0. The summed E-state index contributed by atoms with van der Waals surface area (Å²) in [5.74, 6) is 1.21. The van der Waals surface area contributed by atoms with Crippen LogP contribution in [0.15, 0.2) is 12.1 Å². The third kappa shape index (κ3) is 3.68. The topological polar surface area (TPSA) is 20.3 Å². The Bertz CT molecular complexity index is 475. The van der Waals surface area contributed by atoms with E-state index in [0.29, 0.717) is 11.9 Å². The summed E-state index contributed by atoms with van der Waals surface area (Å²) >= 11 is 1.86. The van der Waals surface area contributed by atoms with Crippen LogP contribution < -0.4 is 0 Å². The first-order chi connectivity index (χ1) is 10.2. The molecule has 3 rings (SSSR count). The van der Waals surface area contributed by atoms with Gasteiger partial charge in [0.1, 0.15) is 0 Å². The molecule has 1 aromatic rings. The van der Waals surface area contributed by atoms with Gasteiger partial charge in [0.25, 0.3) is 0 Å². The van der Waals surface area contributed by atoms with Crippen LogP contribution in [-0.2, 0) is 4.79 Å². The molecule has 1 saturated heterocycles. The molecule has 1 amide bonds. The van der Waals surface area contributed by atoms with E-state index < -0.39 is 0 Å². The van der Waals surface area contributed by atoms with Gasteiger partial charge in [-0.3, -0.25) is 4.79 Å². The summed E-state index contributed by atoms with van der Waals surface area (Å²) in [5.41, 5.74) is 0. The third-order valence-corrected chi connectivity index (χ3v) is 6.26. The molecule has 0 aromatic carbocycles. The van der Waals surface area contributed by atoms with Crippen molar-refractivity contribution in [2.75, 3.05) is 6.54 Å². The largest absolute Gasteiger partial charge is 0.335 e. The van der Waals surface area contributed by atoms with Gasteiger partial charge in [0.2, 0.25) is 5.91 Å². The van der Waals surface area contributed by atoms with E-state index in [1.807, 2.05) is 11.3 Å². The minimum atomic E-state index is 0.363. The molecule has 1 saturated carbocycles. The zero-order valence-corrected chi connectivity index (χ0v) is 14.0. The summed E-state index contributed by atoms with van der Waals surface area (Å²) in [6.45, 7) is 3.11. The van der Waals surface area contributed by atoms with Crippen LogP contribution in [0.3, 0.4) is 0 Å². The second-order valence-electron chi connectivity index (χ2n) is 6.74. The van der Waals surface area contributed by atoms with Crippen LogP contribution in [0, 0.1) is 12.8 Å². The summed E-state index contributed by atoms with van der Waals surface area (Å²) in [7, 11) is 0. The van der Waals surface area contributed by atoms with E-state index in [2.05, 4.69) is 24.0 Å². The van der Waals surface area contributed by atoms with Crippen molar-refractivity contribution in [3.8, 4) is 0 Å². The normalized spacial score (nSPS) is 23.7. The number of carbonyl (C=O) groups is 1. The number of carbonyl (C=O) groups excluding carboxylic acids is 1. The van der Waals surface area contributed by atoms with E-state index in [0.717, 1.165) is 38.1 Å². The molecule has 1 aromatic heterocycles. The van der Waals surface area contributed by atoms with Gasteiger partial charge >= 0.3 is 0 Å². The quantitative estimate of drug-likeness (QED) is 0.759.